The van der Waals surface area contributed by atoms with E-state index in [1.807, 2.05) is 41.3 Å². The second-order valence-corrected chi connectivity index (χ2v) is 9.46. The second kappa shape index (κ2) is 13.1. The number of aromatic nitrogens is 1. The SMILES string of the molecule is COCCOc1ccc(C2CN([C@@H](Cc3ccccc3C#N)C(=O)Nc3nc(C(=O)OC)cs3)CN2)cc1. The highest BCUT2D eigenvalue weighted by molar-refractivity contribution is 7.14. The van der Waals surface area contributed by atoms with E-state index in [4.69, 9.17) is 14.2 Å². The van der Waals surface area contributed by atoms with Crippen molar-refractivity contribution in [2.24, 2.45) is 0 Å². The minimum atomic E-state index is -0.580. The van der Waals surface area contributed by atoms with Gasteiger partial charge in [-0.15, -0.1) is 11.3 Å². The first-order valence-electron chi connectivity index (χ1n) is 12.0. The Morgan fingerprint density at radius 2 is 2.00 bits per heavy atom. The standard InChI is InChI=1S/C27H29N5O5S/c1-35-11-12-37-21-9-7-18(8-10-21)22-15-32(17-29-22)24(13-19-5-3-4-6-20(19)14-28)25(33)31-27-30-23(16-38-27)26(34)36-2/h3-10,16,22,24,29H,11-13,15,17H2,1-2H3,(H,30,31,33)/t22?,24-/m0/s1. The Labute approximate surface area is 225 Å². The van der Waals surface area contributed by atoms with Crippen LogP contribution in [0.5, 0.6) is 5.75 Å². The molecule has 1 amide bonds. The van der Waals surface area contributed by atoms with Gasteiger partial charge in [0.05, 0.1) is 31.4 Å². The third-order valence-corrected chi connectivity index (χ3v) is 6.98. The molecule has 1 saturated heterocycles. The van der Waals surface area contributed by atoms with Crippen LogP contribution in [-0.4, -0.2) is 68.4 Å². The molecule has 1 aromatic heterocycles. The van der Waals surface area contributed by atoms with Crippen LogP contribution in [0, 0.1) is 11.3 Å². The molecule has 1 aliphatic heterocycles. The van der Waals surface area contributed by atoms with Crippen LogP contribution >= 0.6 is 11.3 Å². The van der Waals surface area contributed by atoms with E-state index in [0.29, 0.717) is 43.5 Å². The van der Waals surface area contributed by atoms with Gasteiger partial charge in [0.1, 0.15) is 12.4 Å². The number of hydrogen-bond donors (Lipinski definition) is 2. The van der Waals surface area contributed by atoms with Crippen molar-refractivity contribution in [2.75, 3.05) is 46.0 Å². The summed E-state index contributed by atoms with van der Waals surface area (Å²) >= 11 is 1.15. The van der Waals surface area contributed by atoms with Crippen molar-refractivity contribution in [1.82, 2.24) is 15.2 Å². The molecular formula is C27H29N5O5S. The summed E-state index contributed by atoms with van der Waals surface area (Å²) in [6, 6.07) is 16.8. The summed E-state index contributed by atoms with van der Waals surface area (Å²) in [5.74, 6) is -0.0726. The van der Waals surface area contributed by atoms with Crippen molar-refractivity contribution in [3.05, 3.63) is 76.3 Å². The van der Waals surface area contributed by atoms with Gasteiger partial charge in [0, 0.05) is 31.7 Å². The lowest BCUT2D eigenvalue weighted by Gasteiger charge is -2.26. The number of nitriles is 1. The summed E-state index contributed by atoms with van der Waals surface area (Å²) in [5, 5.41) is 17.8. The largest absolute Gasteiger partial charge is 0.491 e. The van der Waals surface area contributed by atoms with Gasteiger partial charge >= 0.3 is 5.97 Å². The quantitative estimate of drug-likeness (QED) is 0.281. The van der Waals surface area contributed by atoms with E-state index in [-0.39, 0.29) is 17.6 Å². The van der Waals surface area contributed by atoms with Gasteiger partial charge < -0.3 is 19.5 Å². The molecule has 1 unspecified atom stereocenters. The monoisotopic (exact) mass is 535 g/mol. The predicted molar refractivity (Wildman–Crippen MR) is 142 cm³/mol. The van der Waals surface area contributed by atoms with Crippen LogP contribution in [0.2, 0.25) is 0 Å². The smallest absolute Gasteiger partial charge is 0.357 e. The lowest BCUT2D eigenvalue weighted by Crippen LogP contribution is -2.45. The highest BCUT2D eigenvalue weighted by Gasteiger charge is 2.34. The molecule has 3 aromatic rings. The predicted octanol–water partition coefficient (Wildman–Crippen LogP) is 2.98. The molecular weight excluding hydrogens is 506 g/mol. The zero-order chi connectivity index (χ0) is 26.9. The molecule has 2 aromatic carbocycles. The van der Waals surface area contributed by atoms with Crippen LogP contribution in [0.15, 0.2) is 53.9 Å². The lowest BCUT2D eigenvalue weighted by molar-refractivity contribution is -0.121. The maximum atomic E-state index is 13.5. The van der Waals surface area contributed by atoms with Gasteiger partial charge in [0.15, 0.2) is 10.8 Å². The topological polar surface area (TPSA) is 126 Å². The molecule has 2 atom stereocenters. The fourth-order valence-electron chi connectivity index (χ4n) is 4.21. The third-order valence-electron chi connectivity index (χ3n) is 6.22. The van der Waals surface area contributed by atoms with Gasteiger partial charge in [-0.3, -0.25) is 15.0 Å². The number of rotatable bonds is 11. The third kappa shape index (κ3) is 6.73. The number of benzene rings is 2. The lowest BCUT2D eigenvalue weighted by atomic mass is 9.99. The van der Waals surface area contributed by atoms with Gasteiger partial charge in [-0.2, -0.15) is 5.26 Å². The van der Waals surface area contributed by atoms with Gasteiger partial charge in [-0.25, -0.2) is 9.78 Å². The van der Waals surface area contributed by atoms with Gasteiger partial charge in [0.2, 0.25) is 5.91 Å². The van der Waals surface area contributed by atoms with Crippen LogP contribution < -0.4 is 15.4 Å². The Balaban J connectivity index is 1.50. The number of nitrogens with one attached hydrogen (secondary N) is 2. The molecule has 0 bridgehead atoms. The van der Waals surface area contributed by atoms with E-state index in [1.165, 1.54) is 12.5 Å². The highest BCUT2D eigenvalue weighted by atomic mass is 32.1. The van der Waals surface area contributed by atoms with Crippen molar-refractivity contribution in [1.29, 1.82) is 5.26 Å². The summed E-state index contributed by atoms with van der Waals surface area (Å²) < 4.78 is 15.4. The average Bonchev–Trinajstić information content (AvgIpc) is 3.62. The Morgan fingerprint density at radius 1 is 1.21 bits per heavy atom. The number of carbonyl (C=O) groups excluding carboxylic acids is 2. The van der Waals surface area contributed by atoms with Crippen molar-refractivity contribution in [2.45, 2.75) is 18.5 Å². The molecule has 2 heterocycles. The van der Waals surface area contributed by atoms with Crippen LogP contribution in [-0.2, 0) is 20.7 Å². The molecule has 10 nitrogen and oxygen atoms in total. The zero-order valence-electron chi connectivity index (χ0n) is 21.2. The molecule has 0 saturated carbocycles. The van der Waals surface area contributed by atoms with E-state index in [2.05, 4.69) is 21.7 Å². The molecule has 0 radical (unpaired) electrons. The summed E-state index contributed by atoms with van der Waals surface area (Å²) in [5.41, 5.74) is 2.52. The number of anilines is 1. The minimum Gasteiger partial charge on any atom is -0.491 e. The summed E-state index contributed by atoms with van der Waals surface area (Å²) in [4.78, 5) is 31.5. The van der Waals surface area contributed by atoms with E-state index in [0.717, 1.165) is 28.2 Å². The van der Waals surface area contributed by atoms with Crippen LogP contribution in [0.4, 0.5) is 5.13 Å². The van der Waals surface area contributed by atoms with Gasteiger partial charge in [-0.05, 0) is 35.7 Å². The van der Waals surface area contributed by atoms with E-state index < -0.39 is 12.0 Å². The van der Waals surface area contributed by atoms with E-state index >= 15 is 0 Å². The summed E-state index contributed by atoms with van der Waals surface area (Å²) in [7, 11) is 2.91. The molecule has 1 aliphatic rings. The Kier molecular flexibility index (Phi) is 9.40. The molecule has 0 aliphatic carbocycles. The minimum absolute atomic E-state index is 0.00956. The summed E-state index contributed by atoms with van der Waals surface area (Å²) in [6.45, 7) is 2.06. The van der Waals surface area contributed by atoms with Crippen molar-refractivity contribution >= 4 is 28.3 Å². The first-order valence-corrected chi connectivity index (χ1v) is 12.9. The highest BCUT2D eigenvalue weighted by Crippen LogP contribution is 2.26. The Hall–Kier alpha value is -3.82. The number of hydrogen-bond acceptors (Lipinski definition) is 10. The molecule has 198 valence electrons. The van der Waals surface area contributed by atoms with Gasteiger partial charge in [-0.1, -0.05) is 30.3 Å². The maximum absolute atomic E-state index is 13.5. The average molecular weight is 536 g/mol. The first-order chi connectivity index (χ1) is 18.5. The summed E-state index contributed by atoms with van der Waals surface area (Å²) in [6.07, 6.45) is 0.339. The van der Waals surface area contributed by atoms with Crippen molar-refractivity contribution in [3.63, 3.8) is 0 Å². The van der Waals surface area contributed by atoms with Crippen LogP contribution in [0.3, 0.4) is 0 Å². The molecule has 4 rings (SSSR count). The number of esters is 1. The number of methoxy groups -OCH3 is 2. The van der Waals surface area contributed by atoms with Crippen molar-refractivity contribution in [3.8, 4) is 11.8 Å². The number of ether oxygens (including phenoxy) is 3. The Bertz CT molecular complexity index is 1290. The van der Waals surface area contributed by atoms with Crippen molar-refractivity contribution < 1.29 is 23.8 Å². The fourth-order valence-corrected chi connectivity index (χ4v) is 4.90. The van der Waals surface area contributed by atoms with E-state index in [1.54, 1.807) is 19.2 Å². The van der Waals surface area contributed by atoms with Crippen LogP contribution in [0.25, 0.3) is 0 Å². The molecule has 11 heteroatoms. The Morgan fingerprint density at radius 3 is 2.74 bits per heavy atom. The molecule has 38 heavy (non-hydrogen) atoms. The number of thiazole rings is 1. The van der Waals surface area contributed by atoms with E-state index in [9.17, 15) is 14.9 Å². The second-order valence-electron chi connectivity index (χ2n) is 8.60. The molecule has 0 spiro atoms. The first kappa shape index (κ1) is 27.2. The van der Waals surface area contributed by atoms with Gasteiger partial charge in [0.25, 0.3) is 0 Å². The number of carbonyl (C=O) groups is 2. The maximum Gasteiger partial charge on any atom is 0.357 e. The molecule has 1 fully saturated rings. The normalized spacial score (nSPS) is 16.0. The zero-order valence-corrected chi connectivity index (χ0v) is 22.0. The van der Waals surface area contributed by atoms with Crippen LogP contribution in [0.1, 0.15) is 33.2 Å². The number of nitrogens with zero attached hydrogens (tertiary/aromatic N) is 3. The number of amides is 1. The fraction of sp³-hybridized carbons (Fsp3) is 0.333. The molecule has 2 N–H and O–H groups in total.